The molecule has 3 N–H and O–H groups in total. The average Bonchev–Trinajstić information content (AvgIpc) is 3.24. The molecule has 9 nitrogen and oxygen atoms in total. The van der Waals surface area contributed by atoms with Crippen LogP contribution < -0.4 is 20.1 Å². The molecule has 0 bridgehead atoms. The molecule has 0 aliphatic carbocycles. The third kappa shape index (κ3) is 4.12. The number of benzene rings is 1. The smallest absolute Gasteiger partial charge is 0.220 e. The number of likely N-dealkylation sites (tertiary alicyclic amines) is 1. The van der Waals surface area contributed by atoms with Gasteiger partial charge in [0.1, 0.15) is 0 Å². The van der Waals surface area contributed by atoms with Crippen LogP contribution in [0.3, 0.4) is 0 Å². The lowest BCUT2D eigenvalue weighted by Gasteiger charge is -2.35. The molecule has 2 aromatic rings. The Balaban J connectivity index is 2.11. The lowest BCUT2D eigenvalue weighted by Crippen LogP contribution is -3.13. The zero-order chi connectivity index (χ0) is 21.9. The quantitative estimate of drug-likeness (QED) is 0.655. The number of quaternary nitrogens is 1. The Morgan fingerprint density at radius 2 is 2.00 bits per heavy atom. The second kappa shape index (κ2) is 8.99. The van der Waals surface area contributed by atoms with Crippen LogP contribution >= 0.6 is 0 Å². The highest BCUT2D eigenvalue weighted by Crippen LogP contribution is 2.36. The number of ether oxygens (including phenoxy) is 2. The maximum atomic E-state index is 11.7. The summed E-state index contributed by atoms with van der Waals surface area (Å²) in [5.41, 5.74) is 6.28. The van der Waals surface area contributed by atoms with E-state index in [2.05, 4.69) is 36.3 Å². The lowest BCUT2D eigenvalue weighted by molar-refractivity contribution is -0.931. The van der Waals surface area contributed by atoms with E-state index in [9.17, 15) is 4.79 Å². The Morgan fingerprint density at radius 1 is 1.30 bits per heavy atom. The summed E-state index contributed by atoms with van der Waals surface area (Å²) in [6.45, 7) is 7.96. The van der Waals surface area contributed by atoms with Crippen LogP contribution in [0.2, 0.25) is 0 Å². The molecule has 1 aromatic carbocycles. The number of carbonyl (C=O) groups is 1. The molecule has 0 saturated carbocycles. The van der Waals surface area contributed by atoms with Gasteiger partial charge in [-0.2, -0.15) is 0 Å². The topological polar surface area (TPSA) is 110 Å². The molecule has 2 heterocycles. The number of amides is 1. The summed E-state index contributed by atoms with van der Waals surface area (Å²) < 4.78 is 13.2. The Labute approximate surface area is 177 Å². The number of carbonyl (C=O) groups excluding carboxylic acids is 1. The second-order valence-electron chi connectivity index (χ2n) is 8.47. The van der Waals surface area contributed by atoms with E-state index in [0.717, 1.165) is 43.7 Å². The Hall–Kier alpha value is -2.68. The maximum absolute atomic E-state index is 11.7. The van der Waals surface area contributed by atoms with Gasteiger partial charge in [-0.25, -0.2) is 4.68 Å². The number of aromatic nitrogens is 4. The zero-order valence-corrected chi connectivity index (χ0v) is 18.5. The van der Waals surface area contributed by atoms with Gasteiger partial charge in [-0.05, 0) is 42.8 Å². The van der Waals surface area contributed by atoms with Crippen molar-refractivity contribution in [2.75, 3.05) is 27.3 Å². The van der Waals surface area contributed by atoms with E-state index in [1.54, 1.807) is 14.2 Å². The first-order chi connectivity index (χ1) is 14.3. The fourth-order valence-electron chi connectivity index (χ4n) is 4.20. The molecular formula is C21H33N6O3+. The number of hydrogen-bond donors (Lipinski definition) is 2. The van der Waals surface area contributed by atoms with Crippen molar-refractivity contribution in [3.05, 3.63) is 29.6 Å². The molecule has 9 heteroatoms. The molecule has 0 unspecified atom stereocenters. The molecule has 1 atom stereocenters. The summed E-state index contributed by atoms with van der Waals surface area (Å²) in [6, 6.07) is 5.72. The molecular weight excluding hydrogens is 384 g/mol. The number of tetrazole rings is 1. The largest absolute Gasteiger partial charge is 0.493 e. The van der Waals surface area contributed by atoms with Crippen LogP contribution in [0.4, 0.5) is 0 Å². The number of para-hydroxylation sites is 1. The van der Waals surface area contributed by atoms with Crippen molar-refractivity contribution >= 4 is 5.91 Å². The summed E-state index contributed by atoms with van der Waals surface area (Å²) in [4.78, 5) is 13.0. The highest BCUT2D eigenvalue weighted by atomic mass is 16.5. The second-order valence-corrected chi connectivity index (χ2v) is 8.47. The molecule has 164 valence electrons. The van der Waals surface area contributed by atoms with Gasteiger partial charge in [-0.3, -0.25) is 4.79 Å². The molecule has 1 aromatic heterocycles. The van der Waals surface area contributed by atoms with Crippen molar-refractivity contribution in [1.82, 2.24) is 20.2 Å². The van der Waals surface area contributed by atoms with Crippen LogP contribution in [-0.4, -0.2) is 53.4 Å². The van der Waals surface area contributed by atoms with Crippen molar-refractivity contribution in [1.29, 1.82) is 0 Å². The van der Waals surface area contributed by atoms with Crippen LogP contribution in [0.5, 0.6) is 11.5 Å². The minimum absolute atomic E-state index is 0.0790. The maximum Gasteiger partial charge on any atom is 0.220 e. The minimum Gasteiger partial charge on any atom is -0.493 e. The monoisotopic (exact) mass is 417 g/mol. The first-order valence-corrected chi connectivity index (χ1v) is 10.5. The van der Waals surface area contributed by atoms with Gasteiger partial charge >= 0.3 is 0 Å². The first-order valence-electron chi connectivity index (χ1n) is 10.5. The normalized spacial score (nSPS) is 20.6. The van der Waals surface area contributed by atoms with E-state index in [4.69, 9.17) is 15.2 Å². The van der Waals surface area contributed by atoms with Gasteiger partial charge in [-0.1, -0.05) is 13.0 Å². The van der Waals surface area contributed by atoms with E-state index in [1.807, 2.05) is 22.9 Å². The summed E-state index contributed by atoms with van der Waals surface area (Å²) in [6.07, 6.45) is 2.37. The molecule has 1 aliphatic heterocycles. The van der Waals surface area contributed by atoms with E-state index < -0.39 is 0 Å². The van der Waals surface area contributed by atoms with Crippen molar-refractivity contribution in [2.24, 2.45) is 11.7 Å². The van der Waals surface area contributed by atoms with E-state index >= 15 is 0 Å². The van der Waals surface area contributed by atoms with Crippen LogP contribution in [0, 0.1) is 5.92 Å². The van der Waals surface area contributed by atoms with E-state index in [-0.39, 0.29) is 23.4 Å². The molecule has 0 radical (unpaired) electrons. The predicted octanol–water partition coefficient (Wildman–Crippen LogP) is 0.705. The van der Waals surface area contributed by atoms with E-state index in [1.165, 1.54) is 4.90 Å². The zero-order valence-electron chi connectivity index (χ0n) is 18.5. The standard InChI is InChI=1S/C21H32N6O3/c1-6-21(2,3)27-20(23-24-25-27)17(26-12-10-14(11-13-26)19(22)28)15-8-7-9-16(29-4)18(15)30-5/h7-9,14,17H,6,10-13H2,1-5H3,(H2,22,28)/p+1/t17-/m0/s1. The number of nitrogens with zero attached hydrogens (tertiary/aromatic N) is 4. The lowest BCUT2D eigenvalue weighted by atomic mass is 9.92. The summed E-state index contributed by atoms with van der Waals surface area (Å²) in [5.74, 6) is 1.82. The predicted molar refractivity (Wildman–Crippen MR) is 111 cm³/mol. The number of piperidine rings is 1. The van der Waals surface area contributed by atoms with Gasteiger partial charge in [-0.15, -0.1) is 5.10 Å². The molecule has 1 fully saturated rings. The fraction of sp³-hybridized carbons (Fsp3) is 0.619. The Kier molecular flexibility index (Phi) is 6.60. The average molecular weight is 418 g/mol. The highest BCUT2D eigenvalue weighted by molar-refractivity contribution is 5.76. The SMILES string of the molecule is CCC(C)(C)n1nnnc1[C@H](c1cccc(OC)c1OC)[NH+]1CCC(C(N)=O)CC1. The highest BCUT2D eigenvalue weighted by Gasteiger charge is 2.40. The third-order valence-corrected chi connectivity index (χ3v) is 6.37. The first kappa shape index (κ1) is 22.0. The van der Waals surface area contributed by atoms with Gasteiger partial charge in [0.15, 0.2) is 17.5 Å². The van der Waals surface area contributed by atoms with Crippen LogP contribution in [0.15, 0.2) is 18.2 Å². The third-order valence-electron chi connectivity index (χ3n) is 6.37. The molecule has 0 spiro atoms. The number of rotatable bonds is 8. The van der Waals surface area contributed by atoms with Gasteiger partial charge in [0.05, 0.1) is 38.4 Å². The number of primary amides is 1. The van der Waals surface area contributed by atoms with E-state index in [0.29, 0.717) is 11.5 Å². The molecule has 1 aliphatic rings. The molecule has 30 heavy (non-hydrogen) atoms. The number of nitrogens with two attached hydrogens (primary N) is 1. The summed E-state index contributed by atoms with van der Waals surface area (Å²) in [7, 11) is 3.28. The fourth-order valence-corrected chi connectivity index (χ4v) is 4.20. The van der Waals surface area contributed by atoms with Gasteiger partial charge in [0.2, 0.25) is 11.7 Å². The Bertz CT molecular complexity index is 873. The summed E-state index contributed by atoms with van der Waals surface area (Å²) >= 11 is 0. The minimum atomic E-state index is -0.242. The van der Waals surface area contributed by atoms with Gasteiger partial charge in [0, 0.05) is 18.8 Å². The Morgan fingerprint density at radius 3 is 2.57 bits per heavy atom. The summed E-state index contributed by atoms with van der Waals surface area (Å²) in [5, 5.41) is 12.8. The van der Waals surface area contributed by atoms with Crippen LogP contribution in [-0.2, 0) is 10.3 Å². The van der Waals surface area contributed by atoms with Crippen molar-refractivity contribution in [2.45, 2.75) is 51.6 Å². The van der Waals surface area contributed by atoms with Crippen LogP contribution in [0.25, 0.3) is 0 Å². The van der Waals surface area contributed by atoms with Crippen molar-refractivity contribution in [3.63, 3.8) is 0 Å². The number of hydrogen-bond acceptors (Lipinski definition) is 6. The number of methoxy groups -OCH3 is 2. The van der Waals surface area contributed by atoms with Gasteiger partial charge < -0.3 is 20.1 Å². The van der Waals surface area contributed by atoms with Gasteiger partial charge in [0.25, 0.3) is 0 Å². The number of nitrogens with one attached hydrogen (secondary N) is 1. The van der Waals surface area contributed by atoms with Crippen LogP contribution in [0.1, 0.15) is 57.5 Å². The molecule has 3 rings (SSSR count). The molecule has 1 amide bonds. The van der Waals surface area contributed by atoms with Crippen molar-refractivity contribution in [3.8, 4) is 11.5 Å². The molecule has 1 saturated heterocycles. The van der Waals surface area contributed by atoms with Crippen molar-refractivity contribution < 1.29 is 19.2 Å².